The molecule has 0 fully saturated rings. The van der Waals surface area contributed by atoms with Gasteiger partial charge in [0.15, 0.2) is 0 Å². The Morgan fingerprint density at radius 3 is 3.08 bits per heavy atom. The molecule has 1 aromatic rings. The van der Waals surface area contributed by atoms with Gasteiger partial charge in [0, 0.05) is 18.8 Å². The van der Waals surface area contributed by atoms with Gasteiger partial charge in [-0.3, -0.25) is 4.98 Å². The van der Waals surface area contributed by atoms with Crippen LogP contribution in [0.2, 0.25) is 0 Å². The molecule has 0 spiro atoms. The second kappa shape index (κ2) is 4.72. The van der Waals surface area contributed by atoms with Crippen molar-refractivity contribution in [3.8, 4) is 5.75 Å². The molecule has 0 saturated carbocycles. The van der Waals surface area contributed by atoms with Gasteiger partial charge in [-0.25, -0.2) is 0 Å². The number of ether oxygens (including phenoxy) is 1. The van der Waals surface area contributed by atoms with E-state index in [1.807, 2.05) is 12.1 Å². The fourth-order valence-corrected chi connectivity index (χ4v) is 0.877. The molecule has 0 bridgehead atoms. The normalized spacial score (nSPS) is 9.83. The van der Waals surface area contributed by atoms with Gasteiger partial charge in [0.1, 0.15) is 5.75 Å². The van der Waals surface area contributed by atoms with Crippen LogP contribution in [0.5, 0.6) is 5.75 Å². The van der Waals surface area contributed by atoms with E-state index >= 15 is 0 Å². The van der Waals surface area contributed by atoms with Gasteiger partial charge in [-0.2, -0.15) is 0 Å². The van der Waals surface area contributed by atoms with Crippen molar-refractivity contribution in [2.24, 2.45) is 5.73 Å². The Kier molecular flexibility index (Phi) is 3.54. The van der Waals surface area contributed by atoms with Crippen LogP contribution in [-0.2, 0) is 6.54 Å². The van der Waals surface area contributed by atoms with Gasteiger partial charge < -0.3 is 10.5 Å². The molecule has 0 saturated heterocycles. The zero-order valence-corrected chi connectivity index (χ0v) is 7.29. The van der Waals surface area contributed by atoms with Crippen molar-refractivity contribution in [3.05, 3.63) is 24.0 Å². The third-order valence-corrected chi connectivity index (χ3v) is 1.47. The molecule has 0 atom stereocenters. The van der Waals surface area contributed by atoms with Gasteiger partial charge in [-0.1, -0.05) is 6.92 Å². The van der Waals surface area contributed by atoms with Crippen LogP contribution in [0.4, 0.5) is 0 Å². The van der Waals surface area contributed by atoms with Crippen LogP contribution in [0.15, 0.2) is 18.3 Å². The molecule has 66 valence electrons. The minimum absolute atomic E-state index is 0.462. The summed E-state index contributed by atoms with van der Waals surface area (Å²) in [6.07, 6.45) is 2.73. The first-order chi connectivity index (χ1) is 5.86. The van der Waals surface area contributed by atoms with Gasteiger partial charge in [0.05, 0.1) is 12.3 Å². The molecule has 0 radical (unpaired) electrons. The molecule has 0 amide bonds. The molecule has 0 aromatic carbocycles. The Morgan fingerprint density at radius 2 is 2.42 bits per heavy atom. The van der Waals surface area contributed by atoms with Crippen molar-refractivity contribution in [3.63, 3.8) is 0 Å². The van der Waals surface area contributed by atoms with Crippen molar-refractivity contribution in [2.75, 3.05) is 6.61 Å². The highest BCUT2D eigenvalue weighted by atomic mass is 16.5. The molecule has 1 rings (SSSR count). The summed E-state index contributed by atoms with van der Waals surface area (Å²) in [6.45, 7) is 3.28. The number of nitrogens with two attached hydrogens (primary N) is 1. The van der Waals surface area contributed by atoms with Crippen LogP contribution < -0.4 is 10.5 Å². The van der Waals surface area contributed by atoms with E-state index in [-0.39, 0.29) is 0 Å². The minimum Gasteiger partial charge on any atom is -0.493 e. The molecule has 0 aliphatic carbocycles. The zero-order valence-electron chi connectivity index (χ0n) is 7.29. The Labute approximate surface area is 72.6 Å². The highest BCUT2D eigenvalue weighted by Gasteiger charge is 1.94. The Morgan fingerprint density at radius 1 is 1.58 bits per heavy atom. The Balaban J connectivity index is 2.60. The van der Waals surface area contributed by atoms with Crippen molar-refractivity contribution in [1.29, 1.82) is 0 Å². The van der Waals surface area contributed by atoms with E-state index in [0.717, 1.165) is 24.5 Å². The second-order valence-corrected chi connectivity index (χ2v) is 2.54. The SMILES string of the molecule is CCCOc1ccnc(CN)c1. The fourth-order valence-electron chi connectivity index (χ4n) is 0.877. The van der Waals surface area contributed by atoms with E-state index in [4.69, 9.17) is 10.5 Å². The molecular weight excluding hydrogens is 152 g/mol. The van der Waals surface area contributed by atoms with Crippen LogP contribution in [-0.4, -0.2) is 11.6 Å². The van der Waals surface area contributed by atoms with Gasteiger partial charge in [-0.05, 0) is 12.5 Å². The van der Waals surface area contributed by atoms with Crippen molar-refractivity contribution in [2.45, 2.75) is 19.9 Å². The van der Waals surface area contributed by atoms with E-state index in [9.17, 15) is 0 Å². The Bertz CT molecular complexity index is 238. The van der Waals surface area contributed by atoms with E-state index < -0.39 is 0 Å². The number of nitrogens with zero attached hydrogens (tertiary/aromatic N) is 1. The maximum atomic E-state index is 5.43. The topological polar surface area (TPSA) is 48.1 Å². The standard InChI is InChI=1S/C9H14N2O/c1-2-5-12-9-3-4-11-8(6-9)7-10/h3-4,6H,2,5,7,10H2,1H3. The first kappa shape index (κ1) is 9.00. The molecule has 0 aliphatic heterocycles. The number of rotatable bonds is 4. The predicted molar refractivity (Wildman–Crippen MR) is 47.9 cm³/mol. The van der Waals surface area contributed by atoms with Gasteiger partial charge in [0.25, 0.3) is 0 Å². The van der Waals surface area contributed by atoms with Crippen LogP contribution in [0, 0.1) is 0 Å². The van der Waals surface area contributed by atoms with Crippen molar-refractivity contribution < 1.29 is 4.74 Å². The monoisotopic (exact) mass is 166 g/mol. The molecule has 0 unspecified atom stereocenters. The van der Waals surface area contributed by atoms with Crippen LogP contribution in [0.25, 0.3) is 0 Å². The second-order valence-electron chi connectivity index (χ2n) is 2.54. The first-order valence-electron chi connectivity index (χ1n) is 4.14. The predicted octanol–water partition coefficient (Wildman–Crippen LogP) is 1.33. The van der Waals surface area contributed by atoms with Crippen molar-refractivity contribution >= 4 is 0 Å². The van der Waals surface area contributed by atoms with Crippen LogP contribution >= 0.6 is 0 Å². The molecule has 0 aliphatic rings. The quantitative estimate of drug-likeness (QED) is 0.734. The number of aromatic nitrogens is 1. The molecular formula is C9H14N2O. The largest absolute Gasteiger partial charge is 0.493 e. The van der Waals surface area contributed by atoms with E-state index in [0.29, 0.717) is 6.54 Å². The lowest BCUT2D eigenvalue weighted by molar-refractivity contribution is 0.316. The summed E-state index contributed by atoms with van der Waals surface area (Å²) < 4.78 is 5.40. The number of hydrogen-bond acceptors (Lipinski definition) is 3. The van der Waals surface area contributed by atoms with Gasteiger partial charge in [-0.15, -0.1) is 0 Å². The molecule has 3 nitrogen and oxygen atoms in total. The smallest absolute Gasteiger partial charge is 0.122 e. The number of pyridine rings is 1. The summed E-state index contributed by atoms with van der Waals surface area (Å²) >= 11 is 0. The molecule has 2 N–H and O–H groups in total. The van der Waals surface area contributed by atoms with Crippen LogP contribution in [0.1, 0.15) is 19.0 Å². The van der Waals surface area contributed by atoms with E-state index in [2.05, 4.69) is 11.9 Å². The van der Waals surface area contributed by atoms with Crippen molar-refractivity contribution in [1.82, 2.24) is 4.98 Å². The highest BCUT2D eigenvalue weighted by molar-refractivity contribution is 5.22. The lowest BCUT2D eigenvalue weighted by Crippen LogP contribution is -2.01. The summed E-state index contributed by atoms with van der Waals surface area (Å²) in [5.74, 6) is 0.854. The third-order valence-electron chi connectivity index (χ3n) is 1.47. The van der Waals surface area contributed by atoms with Gasteiger partial charge in [0.2, 0.25) is 0 Å². The highest BCUT2D eigenvalue weighted by Crippen LogP contribution is 2.10. The maximum Gasteiger partial charge on any atom is 0.122 e. The fraction of sp³-hybridized carbons (Fsp3) is 0.444. The molecule has 1 aromatic heterocycles. The molecule has 1 heterocycles. The lowest BCUT2D eigenvalue weighted by atomic mass is 10.3. The summed E-state index contributed by atoms with van der Waals surface area (Å²) in [5.41, 5.74) is 6.29. The van der Waals surface area contributed by atoms with E-state index in [1.54, 1.807) is 6.20 Å². The Hall–Kier alpha value is -1.09. The zero-order chi connectivity index (χ0) is 8.81. The number of hydrogen-bond donors (Lipinski definition) is 1. The average Bonchev–Trinajstić information content (AvgIpc) is 2.15. The summed E-state index contributed by atoms with van der Waals surface area (Å²) in [4.78, 5) is 4.06. The summed E-state index contributed by atoms with van der Waals surface area (Å²) in [7, 11) is 0. The summed E-state index contributed by atoms with van der Waals surface area (Å²) in [6, 6.07) is 3.71. The summed E-state index contributed by atoms with van der Waals surface area (Å²) in [5, 5.41) is 0. The lowest BCUT2D eigenvalue weighted by Gasteiger charge is -2.04. The third kappa shape index (κ3) is 2.51. The molecule has 12 heavy (non-hydrogen) atoms. The maximum absolute atomic E-state index is 5.43. The van der Waals surface area contributed by atoms with Crippen LogP contribution in [0.3, 0.4) is 0 Å². The van der Waals surface area contributed by atoms with Gasteiger partial charge >= 0.3 is 0 Å². The first-order valence-corrected chi connectivity index (χ1v) is 4.14. The minimum atomic E-state index is 0.462. The average molecular weight is 166 g/mol. The van der Waals surface area contributed by atoms with E-state index in [1.165, 1.54) is 0 Å². The molecule has 3 heteroatoms.